The normalized spacial score (nSPS) is 12.3. The fourth-order valence-electron chi connectivity index (χ4n) is 2.91. The molecule has 4 rings (SSSR count). The summed E-state index contributed by atoms with van der Waals surface area (Å²) >= 11 is 4.95. The van der Waals surface area contributed by atoms with Gasteiger partial charge in [-0.25, -0.2) is 8.42 Å². The van der Waals surface area contributed by atoms with Crippen molar-refractivity contribution in [3.63, 3.8) is 0 Å². The molecule has 0 radical (unpaired) electrons. The molecular formula is C21H16BrN3O3S2. The number of amides is 1. The van der Waals surface area contributed by atoms with Crippen molar-refractivity contribution in [2.45, 2.75) is 4.90 Å². The Bertz CT molecular complexity index is 1410. The number of para-hydroxylation sites is 1. The van der Waals surface area contributed by atoms with E-state index in [4.69, 9.17) is 0 Å². The number of nitrogens with one attached hydrogen (secondary N) is 1. The molecule has 0 unspecified atom stereocenters. The summed E-state index contributed by atoms with van der Waals surface area (Å²) in [4.78, 5) is 17.6. The number of hydrogen-bond acceptors (Lipinski definition) is 4. The van der Waals surface area contributed by atoms with Crippen molar-refractivity contribution in [1.29, 1.82) is 0 Å². The molecule has 6 nitrogen and oxygen atoms in total. The summed E-state index contributed by atoms with van der Waals surface area (Å²) in [5.41, 5.74) is 1.71. The second-order valence-corrected chi connectivity index (χ2v) is 9.99. The van der Waals surface area contributed by atoms with Crippen molar-refractivity contribution in [2.24, 2.45) is 12.0 Å². The van der Waals surface area contributed by atoms with Gasteiger partial charge in [-0.05, 0) is 64.5 Å². The van der Waals surface area contributed by atoms with Gasteiger partial charge in [0, 0.05) is 22.8 Å². The molecule has 152 valence electrons. The van der Waals surface area contributed by atoms with Crippen LogP contribution in [0, 0.1) is 0 Å². The molecule has 9 heteroatoms. The number of nitrogens with zero attached hydrogens (tertiary/aromatic N) is 2. The van der Waals surface area contributed by atoms with Gasteiger partial charge in [0.05, 0.1) is 15.1 Å². The molecule has 0 saturated carbocycles. The van der Waals surface area contributed by atoms with E-state index in [9.17, 15) is 13.2 Å². The van der Waals surface area contributed by atoms with Crippen molar-refractivity contribution in [1.82, 2.24) is 4.57 Å². The molecule has 1 amide bonds. The summed E-state index contributed by atoms with van der Waals surface area (Å²) in [6.07, 6.45) is 0. The molecule has 0 spiro atoms. The lowest BCUT2D eigenvalue weighted by molar-refractivity contribution is 0.0998. The molecule has 4 aromatic rings. The molecule has 0 saturated heterocycles. The molecule has 1 heterocycles. The fourth-order valence-corrected chi connectivity index (χ4v) is 5.80. The van der Waals surface area contributed by atoms with Crippen LogP contribution in [0.2, 0.25) is 0 Å². The zero-order valence-electron chi connectivity index (χ0n) is 15.7. The maximum atomic E-state index is 12.6. The van der Waals surface area contributed by atoms with E-state index in [1.54, 1.807) is 42.5 Å². The van der Waals surface area contributed by atoms with Crippen LogP contribution in [0.1, 0.15) is 10.4 Å². The average molecular weight is 502 g/mol. The third-order valence-electron chi connectivity index (χ3n) is 4.41. The van der Waals surface area contributed by atoms with Crippen LogP contribution in [0.4, 0.5) is 5.69 Å². The molecule has 0 aliphatic rings. The van der Waals surface area contributed by atoms with Gasteiger partial charge in [-0.1, -0.05) is 35.6 Å². The van der Waals surface area contributed by atoms with Gasteiger partial charge in [0.2, 0.25) is 0 Å². The Kier molecular flexibility index (Phi) is 5.59. The van der Waals surface area contributed by atoms with Crippen LogP contribution in [-0.4, -0.2) is 18.9 Å². The minimum absolute atomic E-state index is 0.170. The minimum atomic E-state index is -3.68. The zero-order chi connectivity index (χ0) is 21.3. The van der Waals surface area contributed by atoms with Crippen molar-refractivity contribution in [2.75, 3.05) is 4.72 Å². The number of carbonyl (C=O) groups is 1. The SMILES string of the molecule is Cn1c(=NC(=O)c2ccc(NS(=O)(=O)c3ccccc3)cc2)sc2cccc(Br)c21. The van der Waals surface area contributed by atoms with E-state index in [2.05, 4.69) is 25.6 Å². The summed E-state index contributed by atoms with van der Waals surface area (Å²) in [7, 11) is -1.83. The molecule has 0 bridgehead atoms. The highest BCUT2D eigenvalue weighted by molar-refractivity contribution is 9.10. The van der Waals surface area contributed by atoms with Gasteiger partial charge in [-0.2, -0.15) is 4.99 Å². The number of halogens is 1. The number of hydrogen-bond donors (Lipinski definition) is 1. The van der Waals surface area contributed by atoms with E-state index < -0.39 is 15.9 Å². The number of sulfonamides is 1. The van der Waals surface area contributed by atoms with Crippen molar-refractivity contribution < 1.29 is 13.2 Å². The third kappa shape index (κ3) is 4.09. The number of thiazole rings is 1. The zero-order valence-corrected chi connectivity index (χ0v) is 19.0. The Morgan fingerprint density at radius 1 is 1.00 bits per heavy atom. The van der Waals surface area contributed by atoms with E-state index in [1.165, 1.54) is 23.5 Å². The van der Waals surface area contributed by atoms with Gasteiger partial charge in [-0.15, -0.1) is 0 Å². The number of carbonyl (C=O) groups excluding carboxylic acids is 1. The first-order valence-corrected chi connectivity index (χ1v) is 12.0. The highest BCUT2D eigenvalue weighted by Gasteiger charge is 2.14. The third-order valence-corrected chi connectivity index (χ3v) is 7.54. The highest BCUT2D eigenvalue weighted by atomic mass is 79.9. The predicted octanol–water partition coefficient (Wildman–Crippen LogP) is 4.54. The summed E-state index contributed by atoms with van der Waals surface area (Å²) in [5.74, 6) is -0.397. The van der Waals surface area contributed by atoms with Crippen molar-refractivity contribution in [3.05, 3.63) is 87.6 Å². The summed E-state index contributed by atoms with van der Waals surface area (Å²) in [6.45, 7) is 0. The second kappa shape index (κ2) is 8.17. The lowest BCUT2D eigenvalue weighted by Crippen LogP contribution is -2.14. The van der Waals surface area contributed by atoms with E-state index in [-0.39, 0.29) is 4.90 Å². The Labute approximate surface area is 185 Å². The quantitative estimate of drug-likeness (QED) is 0.445. The second-order valence-electron chi connectivity index (χ2n) is 6.44. The Morgan fingerprint density at radius 3 is 2.37 bits per heavy atom. The molecule has 30 heavy (non-hydrogen) atoms. The van der Waals surface area contributed by atoms with Gasteiger partial charge >= 0.3 is 0 Å². The van der Waals surface area contributed by atoms with Gasteiger partial charge in [0.1, 0.15) is 0 Å². The van der Waals surface area contributed by atoms with Crippen molar-refractivity contribution >= 4 is 59.1 Å². The molecule has 1 N–H and O–H groups in total. The van der Waals surface area contributed by atoms with Crippen LogP contribution in [-0.2, 0) is 17.1 Å². The molecule has 1 aromatic heterocycles. The van der Waals surface area contributed by atoms with Crippen LogP contribution in [0.5, 0.6) is 0 Å². The molecule has 3 aromatic carbocycles. The number of rotatable bonds is 4. The standard InChI is InChI=1S/C21H16BrN3O3S2/c1-25-19-17(22)8-5-9-18(19)29-21(25)23-20(26)14-10-12-15(13-11-14)24-30(27,28)16-6-3-2-4-7-16/h2-13,24H,1H3. The van der Waals surface area contributed by atoms with Gasteiger partial charge in [-0.3, -0.25) is 9.52 Å². The van der Waals surface area contributed by atoms with Crippen molar-refractivity contribution in [3.8, 4) is 0 Å². The van der Waals surface area contributed by atoms with Crippen LogP contribution in [0.25, 0.3) is 10.2 Å². The minimum Gasteiger partial charge on any atom is -0.318 e. The first kappa shape index (κ1) is 20.5. The average Bonchev–Trinajstić information content (AvgIpc) is 3.05. The summed E-state index contributed by atoms with van der Waals surface area (Å²) in [6, 6.07) is 20.1. The Hall–Kier alpha value is -2.75. The fraction of sp³-hybridized carbons (Fsp3) is 0.0476. The number of benzene rings is 3. The smallest absolute Gasteiger partial charge is 0.279 e. The monoisotopic (exact) mass is 501 g/mol. The lowest BCUT2D eigenvalue weighted by atomic mass is 10.2. The largest absolute Gasteiger partial charge is 0.318 e. The summed E-state index contributed by atoms with van der Waals surface area (Å²) in [5, 5.41) is 0. The van der Waals surface area contributed by atoms with Crippen LogP contribution in [0.15, 0.2) is 87.2 Å². The van der Waals surface area contributed by atoms with Crippen LogP contribution >= 0.6 is 27.3 Å². The lowest BCUT2D eigenvalue weighted by Gasteiger charge is -2.08. The van der Waals surface area contributed by atoms with Crippen LogP contribution in [0.3, 0.4) is 0 Å². The van der Waals surface area contributed by atoms with Gasteiger partial charge < -0.3 is 4.57 Å². The van der Waals surface area contributed by atoms with Crippen LogP contribution < -0.4 is 9.52 Å². The Balaban J connectivity index is 1.59. The molecule has 0 atom stereocenters. The number of aryl methyl sites for hydroxylation is 1. The number of aromatic nitrogens is 1. The molecule has 0 aliphatic heterocycles. The highest BCUT2D eigenvalue weighted by Crippen LogP contribution is 2.25. The summed E-state index contributed by atoms with van der Waals surface area (Å²) < 4.78 is 31.1. The topological polar surface area (TPSA) is 80.5 Å². The molecular weight excluding hydrogens is 486 g/mol. The maximum absolute atomic E-state index is 12.6. The molecule has 0 fully saturated rings. The van der Waals surface area contributed by atoms with E-state index >= 15 is 0 Å². The maximum Gasteiger partial charge on any atom is 0.279 e. The first-order valence-electron chi connectivity index (χ1n) is 8.86. The van der Waals surface area contributed by atoms with E-state index in [1.807, 2.05) is 29.8 Å². The van der Waals surface area contributed by atoms with E-state index in [0.717, 1.165) is 14.7 Å². The van der Waals surface area contributed by atoms with Gasteiger partial charge in [0.15, 0.2) is 4.80 Å². The van der Waals surface area contributed by atoms with E-state index in [0.29, 0.717) is 16.1 Å². The molecule has 0 aliphatic carbocycles. The first-order chi connectivity index (χ1) is 14.3. The van der Waals surface area contributed by atoms with Gasteiger partial charge in [0.25, 0.3) is 15.9 Å². The number of anilines is 1. The Morgan fingerprint density at radius 2 is 1.70 bits per heavy atom. The number of fused-ring (bicyclic) bond motifs is 1. The predicted molar refractivity (Wildman–Crippen MR) is 122 cm³/mol.